The number of halogens is 1. The van der Waals surface area contributed by atoms with Gasteiger partial charge >= 0.3 is 0 Å². The van der Waals surface area contributed by atoms with Crippen LogP contribution in [0.2, 0.25) is 0 Å². The van der Waals surface area contributed by atoms with E-state index in [1.165, 1.54) is 31.2 Å². The fourth-order valence-corrected chi connectivity index (χ4v) is 3.02. The number of hydrogen-bond donors (Lipinski definition) is 0. The fraction of sp³-hybridized carbons (Fsp3) is 0.571. The normalized spacial score (nSPS) is 18.1. The van der Waals surface area contributed by atoms with Gasteiger partial charge in [0, 0.05) is 11.9 Å². The first-order chi connectivity index (χ1) is 7.85. The average Bonchev–Trinajstić information content (AvgIpc) is 2.29. The molecule has 1 aliphatic carbocycles. The van der Waals surface area contributed by atoms with E-state index in [2.05, 4.69) is 40.2 Å². The Kier molecular flexibility index (Phi) is 4.42. The van der Waals surface area contributed by atoms with Crippen molar-refractivity contribution >= 4 is 15.9 Å². The predicted molar refractivity (Wildman–Crippen MR) is 70.8 cm³/mol. The summed E-state index contributed by atoms with van der Waals surface area (Å²) < 4.78 is 5.73. The van der Waals surface area contributed by atoms with Crippen molar-refractivity contribution in [3.63, 3.8) is 0 Å². The second kappa shape index (κ2) is 5.83. The Labute approximate surface area is 106 Å². The van der Waals surface area contributed by atoms with Crippen molar-refractivity contribution in [2.24, 2.45) is 5.41 Å². The second-order valence-corrected chi connectivity index (χ2v) is 5.34. The van der Waals surface area contributed by atoms with E-state index in [1.54, 1.807) is 0 Å². The number of ether oxygens (including phenoxy) is 1. The molecule has 2 heteroatoms. The smallest absolute Gasteiger partial charge is 0.0716 e. The van der Waals surface area contributed by atoms with E-state index in [0.29, 0.717) is 5.41 Å². The predicted octanol–water partition coefficient (Wildman–Crippen LogP) is 4.16. The van der Waals surface area contributed by atoms with Gasteiger partial charge in [0.2, 0.25) is 0 Å². The summed E-state index contributed by atoms with van der Waals surface area (Å²) in [5, 5.41) is 1.13. The molecular formula is C14H19BrO. The monoisotopic (exact) mass is 282 g/mol. The minimum absolute atomic E-state index is 0.552. The van der Waals surface area contributed by atoms with Crippen LogP contribution in [0.4, 0.5) is 0 Å². The first-order valence-corrected chi connectivity index (χ1v) is 7.14. The fourth-order valence-electron chi connectivity index (χ4n) is 2.18. The van der Waals surface area contributed by atoms with E-state index in [4.69, 9.17) is 4.74 Å². The Morgan fingerprint density at radius 1 is 1.19 bits per heavy atom. The van der Waals surface area contributed by atoms with Gasteiger partial charge in [0.15, 0.2) is 0 Å². The molecule has 0 radical (unpaired) electrons. The first-order valence-electron chi connectivity index (χ1n) is 6.02. The van der Waals surface area contributed by atoms with Gasteiger partial charge in [0.25, 0.3) is 0 Å². The van der Waals surface area contributed by atoms with Crippen molar-refractivity contribution in [3.8, 4) is 0 Å². The van der Waals surface area contributed by atoms with E-state index < -0.39 is 0 Å². The zero-order chi connectivity index (χ0) is 11.3. The van der Waals surface area contributed by atoms with Crippen LogP contribution >= 0.6 is 15.9 Å². The highest BCUT2D eigenvalue weighted by molar-refractivity contribution is 9.09. The molecule has 1 nitrogen and oxygen atoms in total. The molecule has 1 aromatic carbocycles. The molecule has 2 rings (SSSR count). The molecule has 0 heterocycles. The van der Waals surface area contributed by atoms with Crippen LogP contribution in [0, 0.1) is 5.41 Å². The van der Waals surface area contributed by atoms with Crippen LogP contribution in [0.15, 0.2) is 30.3 Å². The van der Waals surface area contributed by atoms with Crippen molar-refractivity contribution in [1.82, 2.24) is 0 Å². The molecule has 1 aliphatic rings. The molecule has 88 valence electrons. The van der Waals surface area contributed by atoms with Crippen LogP contribution in [-0.4, -0.2) is 11.9 Å². The van der Waals surface area contributed by atoms with Crippen LogP contribution in [0.25, 0.3) is 0 Å². The summed E-state index contributed by atoms with van der Waals surface area (Å²) in [6.45, 7) is 1.64. The van der Waals surface area contributed by atoms with E-state index in [9.17, 15) is 0 Å². The van der Waals surface area contributed by atoms with Crippen molar-refractivity contribution in [3.05, 3.63) is 35.9 Å². The molecule has 0 aliphatic heterocycles. The highest BCUT2D eigenvalue weighted by Gasteiger charge is 2.35. The van der Waals surface area contributed by atoms with Crippen molar-refractivity contribution in [2.75, 3.05) is 11.9 Å². The van der Waals surface area contributed by atoms with E-state index >= 15 is 0 Å². The Bertz CT molecular complexity index is 300. The molecule has 1 aromatic rings. The first kappa shape index (κ1) is 12.1. The van der Waals surface area contributed by atoms with Crippen LogP contribution in [0.3, 0.4) is 0 Å². The van der Waals surface area contributed by atoms with Gasteiger partial charge in [-0.1, -0.05) is 52.7 Å². The summed E-state index contributed by atoms with van der Waals surface area (Å²) in [6, 6.07) is 10.4. The van der Waals surface area contributed by atoms with Crippen molar-refractivity contribution < 1.29 is 4.74 Å². The summed E-state index contributed by atoms with van der Waals surface area (Å²) >= 11 is 3.62. The Morgan fingerprint density at radius 2 is 1.94 bits per heavy atom. The molecule has 16 heavy (non-hydrogen) atoms. The molecule has 1 saturated carbocycles. The molecule has 0 atom stereocenters. The van der Waals surface area contributed by atoms with Crippen LogP contribution in [0.5, 0.6) is 0 Å². The highest BCUT2D eigenvalue weighted by atomic mass is 79.9. The van der Waals surface area contributed by atoms with Gasteiger partial charge in [-0.15, -0.1) is 0 Å². The molecule has 0 N–H and O–H groups in total. The lowest BCUT2D eigenvalue weighted by Crippen LogP contribution is -2.32. The van der Waals surface area contributed by atoms with Crippen molar-refractivity contribution in [1.29, 1.82) is 0 Å². The van der Waals surface area contributed by atoms with Gasteiger partial charge in [0.05, 0.1) is 6.61 Å². The quantitative estimate of drug-likeness (QED) is 0.562. The van der Waals surface area contributed by atoms with Gasteiger partial charge in [-0.2, -0.15) is 0 Å². The van der Waals surface area contributed by atoms with Gasteiger partial charge in [-0.3, -0.25) is 0 Å². The number of alkyl halides is 1. The second-order valence-electron chi connectivity index (χ2n) is 4.78. The van der Waals surface area contributed by atoms with Crippen LogP contribution in [0.1, 0.15) is 31.2 Å². The van der Waals surface area contributed by atoms with Gasteiger partial charge in [-0.05, 0) is 30.2 Å². The summed E-state index contributed by atoms with van der Waals surface area (Å²) in [7, 11) is 0. The Balaban J connectivity index is 1.65. The Hall–Kier alpha value is -0.340. The molecule has 0 amide bonds. The number of benzene rings is 1. The third-order valence-electron chi connectivity index (χ3n) is 3.59. The topological polar surface area (TPSA) is 9.23 Å². The maximum atomic E-state index is 5.73. The molecule has 0 saturated heterocycles. The Morgan fingerprint density at radius 3 is 2.50 bits per heavy atom. The van der Waals surface area contributed by atoms with E-state index in [1.807, 2.05) is 6.07 Å². The molecule has 0 aromatic heterocycles. The van der Waals surface area contributed by atoms with Crippen LogP contribution in [-0.2, 0) is 11.3 Å². The standard InChI is InChI=1S/C14H19BrO/c15-12-14(7-4-8-14)9-10-16-11-13-5-2-1-3-6-13/h1-3,5-6H,4,7-12H2. The summed E-state index contributed by atoms with van der Waals surface area (Å²) in [5.41, 5.74) is 1.82. The zero-order valence-electron chi connectivity index (χ0n) is 9.62. The maximum absolute atomic E-state index is 5.73. The molecule has 0 bridgehead atoms. The molecular weight excluding hydrogens is 264 g/mol. The summed E-state index contributed by atoms with van der Waals surface area (Å²) in [6.07, 6.45) is 5.33. The molecule has 1 fully saturated rings. The van der Waals surface area contributed by atoms with Crippen LogP contribution < -0.4 is 0 Å². The third-order valence-corrected chi connectivity index (χ3v) is 4.78. The SMILES string of the molecule is BrCC1(CCOCc2ccccc2)CCC1. The lowest BCUT2D eigenvalue weighted by Gasteiger charge is -2.40. The highest BCUT2D eigenvalue weighted by Crippen LogP contribution is 2.45. The molecule has 0 spiro atoms. The van der Waals surface area contributed by atoms with Gasteiger partial charge in [0.1, 0.15) is 0 Å². The summed E-state index contributed by atoms with van der Waals surface area (Å²) in [4.78, 5) is 0. The van der Waals surface area contributed by atoms with Gasteiger partial charge in [-0.25, -0.2) is 0 Å². The average molecular weight is 283 g/mol. The van der Waals surface area contributed by atoms with Gasteiger partial charge < -0.3 is 4.74 Å². The third kappa shape index (κ3) is 3.08. The zero-order valence-corrected chi connectivity index (χ0v) is 11.2. The maximum Gasteiger partial charge on any atom is 0.0716 e. The number of rotatable bonds is 6. The van der Waals surface area contributed by atoms with E-state index in [-0.39, 0.29) is 0 Å². The minimum Gasteiger partial charge on any atom is -0.377 e. The summed E-state index contributed by atoms with van der Waals surface area (Å²) in [5.74, 6) is 0. The largest absolute Gasteiger partial charge is 0.377 e. The lowest BCUT2D eigenvalue weighted by atomic mass is 9.68. The minimum atomic E-state index is 0.552. The van der Waals surface area contributed by atoms with E-state index in [0.717, 1.165) is 18.5 Å². The number of hydrogen-bond acceptors (Lipinski definition) is 1. The molecule has 0 unspecified atom stereocenters. The lowest BCUT2D eigenvalue weighted by molar-refractivity contribution is 0.0580. The van der Waals surface area contributed by atoms with Crippen molar-refractivity contribution in [2.45, 2.75) is 32.3 Å².